The molecule has 1 aliphatic rings. The van der Waals surface area contributed by atoms with Gasteiger partial charge in [0.15, 0.2) is 0 Å². The molecule has 0 bridgehead atoms. The number of nitrogens with two attached hydrogens (primary N) is 1. The topological polar surface area (TPSA) is 118 Å². The first-order chi connectivity index (χ1) is 13.9. The van der Waals surface area contributed by atoms with Gasteiger partial charge < -0.3 is 15.4 Å². The molecule has 9 heteroatoms. The highest BCUT2D eigenvalue weighted by molar-refractivity contribution is 5.95. The number of H-pyrrole nitrogens is 1. The minimum atomic E-state index is -0.907. The maximum Gasteiger partial charge on any atom is 0.404 e. The summed E-state index contributed by atoms with van der Waals surface area (Å²) in [6.07, 6.45) is -1.07. The lowest BCUT2D eigenvalue weighted by Gasteiger charge is -2.38. The molecule has 2 aromatic carbocycles. The SMILES string of the molecule is NC(=O)OC1CN(C(=O)c2cc(Cc3n[nH]c(=O)c4ccccc34)ccc2F)C1. The van der Waals surface area contributed by atoms with E-state index in [-0.39, 0.29) is 24.2 Å². The number of halogens is 1. The number of hydrogen-bond acceptors (Lipinski definition) is 5. The summed E-state index contributed by atoms with van der Waals surface area (Å²) in [5.41, 5.74) is 5.87. The Morgan fingerprint density at radius 1 is 1.21 bits per heavy atom. The van der Waals surface area contributed by atoms with Crippen LogP contribution in [0.2, 0.25) is 0 Å². The number of hydrogen-bond donors (Lipinski definition) is 2. The van der Waals surface area contributed by atoms with Crippen LogP contribution in [0, 0.1) is 5.82 Å². The number of rotatable bonds is 4. The zero-order valence-electron chi connectivity index (χ0n) is 15.2. The molecule has 0 aliphatic carbocycles. The normalized spacial score (nSPS) is 13.9. The molecule has 2 heterocycles. The van der Waals surface area contributed by atoms with Gasteiger partial charge in [-0.05, 0) is 23.8 Å². The van der Waals surface area contributed by atoms with Gasteiger partial charge in [-0.2, -0.15) is 5.10 Å². The van der Waals surface area contributed by atoms with E-state index < -0.39 is 23.9 Å². The molecule has 148 valence electrons. The van der Waals surface area contributed by atoms with E-state index in [4.69, 9.17) is 10.5 Å². The molecule has 29 heavy (non-hydrogen) atoms. The summed E-state index contributed by atoms with van der Waals surface area (Å²) in [6, 6.07) is 11.3. The highest BCUT2D eigenvalue weighted by atomic mass is 19.1. The smallest absolute Gasteiger partial charge is 0.404 e. The fraction of sp³-hybridized carbons (Fsp3) is 0.200. The average molecular weight is 396 g/mol. The number of benzene rings is 2. The Hall–Kier alpha value is -3.75. The van der Waals surface area contributed by atoms with Crippen molar-refractivity contribution in [2.45, 2.75) is 12.5 Å². The Balaban J connectivity index is 1.57. The van der Waals surface area contributed by atoms with Crippen molar-refractivity contribution in [2.75, 3.05) is 13.1 Å². The maximum absolute atomic E-state index is 14.3. The molecular weight excluding hydrogens is 379 g/mol. The summed E-state index contributed by atoms with van der Waals surface area (Å²) < 4.78 is 19.1. The number of amides is 2. The number of nitrogens with one attached hydrogen (secondary N) is 1. The average Bonchev–Trinajstić information content (AvgIpc) is 2.67. The van der Waals surface area contributed by atoms with Gasteiger partial charge in [-0.15, -0.1) is 0 Å². The highest BCUT2D eigenvalue weighted by Gasteiger charge is 2.34. The predicted molar refractivity (Wildman–Crippen MR) is 102 cm³/mol. The third-order valence-electron chi connectivity index (χ3n) is 4.83. The molecule has 0 atom stereocenters. The molecule has 0 spiro atoms. The number of nitrogens with zero attached hydrogens (tertiary/aromatic N) is 2. The number of aromatic amines is 1. The fourth-order valence-electron chi connectivity index (χ4n) is 3.36. The van der Waals surface area contributed by atoms with E-state index >= 15 is 0 Å². The first-order valence-corrected chi connectivity index (χ1v) is 8.92. The van der Waals surface area contributed by atoms with E-state index in [1.807, 2.05) is 0 Å². The standard InChI is InChI=1S/C20H17FN4O4/c21-16-6-5-11(7-15(16)19(27)25-9-12(10-25)29-20(22)28)8-17-13-3-1-2-4-14(13)18(26)24-23-17/h1-7,12H,8-10H2,(H2,22,28)(H,24,26). The van der Waals surface area contributed by atoms with Crippen LogP contribution in [0.25, 0.3) is 10.8 Å². The quantitative estimate of drug-likeness (QED) is 0.694. The number of primary amides is 1. The summed E-state index contributed by atoms with van der Waals surface area (Å²) in [6.45, 7) is 0.328. The summed E-state index contributed by atoms with van der Waals surface area (Å²) >= 11 is 0. The number of fused-ring (bicyclic) bond motifs is 1. The van der Waals surface area contributed by atoms with E-state index in [1.54, 1.807) is 30.3 Å². The van der Waals surface area contributed by atoms with Crippen molar-refractivity contribution in [3.63, 3.8) is 0 Å². The largest absolute Gasteiger partial charge is 0.443 e. The molecule has 1 aromatic heterocycles. The summed E-state index contributed by atoms with van der Waals surface area (Å²) in [7, 11) is 0. The second kappa shape index (κ2) is 7.34. The van der Waals surface area contributed by atoms with Gasteiger partial charge in [-0.1, -0.05) is 24.3 Å². The second-order valence-electron chi connectivity index (χ2n) is 6.81. The third kappa shape index (κ3) is 3.66. The molecule has 1 fully saturated rings. The van der Waals surface area contributed by atoms with Crippen LogP contribution in [-0.2, 0) is 11.2 Å². The van der Waals surface area contributed by atoms with Crippen LogP contribution in [0.15, 0.2) is 47.3 Å². The van der Waals surface area contributed by atoms with E-state index in [9.17, 15) is 18.8 Å². The Morgan fingerprint density at radius 2 is 1.93 bits per heavy atom. The Kier molecular flexibility index (Phi) is 4.71. The highest BCUT2D eigenvalue weighted by Crippen LogP contribution is 2.21. The van der Waals surface area contributed by atoms with Crippen molar-refractivity contribution < 1.29 is 18.7 Å². The summed E-state index contributed by atoms with van der Waals surface area (Å²) in [4.78, 5) is 36.6. The van der Waals surface area contributed by atoms with E-state index in [2.05, 4.69) is 10.2 Å². The number of carbonyl (C=O) groups is 2. The van der Waals surface area contributed by atoms with Crippen LogP contribution in [0.3, 0.4) is 0 Å². The molecule has 3 N–H and O–H groups in total. The van der Waals surface area contributed by atoms with Crippen molar-refractivity contribution in [2.24, 2.45) is 5.73 Å². The molecule has 0 radical (unpaired) electrons. The Morgan fingerprint density at radius 3 is 2.66 bits per heavy atom. The van der Waals surface area contributed by atoms with Crippen LogP contribution in [0.4, 0.5) is 9.18 Å². The summed E-state index contributed by atoms with van der Waals surface area (Å²) in [5.74, 6) is -1.13. The van der Waals surface area contributed by atoms with Gasteiger partial charge >= 0.3 is 6.09 Å². The van der Waals surface area contributed by atoms with Gasteiger partial charge in [-0.25, -0.2) is 14.3 Å². The van der Waals surface area contributed by atoms with Crippen LogP contribution >= 0.6 is 0 Å². The third-order valence-corrected chi connectivity index (χ3v) is 4.83. The molecule has 8 nitrogen and oxygen atoms in total. The Bertz CT molecular complexity index is 1170. The number of aromatic nitrogens is 2. The van der Waals surface area contributed by atoms with Crippen LogP contribution in [0.1, 0.15) is 21.6 Å². The monoisotopic (exact) mass is 396 g/mol. The van der Waals surface area contributed by atoms with Gasteiger partial charge in [0, 0.05) is 11.8 Å². The molecule has 2 amide bonds. The maximum atomic E-state index is 14.3. The molecule has 3 aromatic rings. The minimum absolute atomic E-state index is 0.0752. The van der Waals surface area contributed by atoms with E-state index in [0.717, 1.165) is 0 Å². The fourth-order valence-corrected chi connectivity index (χ4v) is 3.36. The molecule has 0 unspecified atom stereocenters. The van der Waals surface area contributed by atoms with E-state index in [0.29, 0.717) is 28.5 Å². The van der Waals surface area contributed by atoms with Gasteiger partial charge in [0.2, 0.25) is 0 Å². The zero-order valence-corrected chi connectivity index (χ0v) is 15.2. The van der Waals surface area contributed by atoms with Crippen molar-refractivity contribution in [3.05, 3.63) is 75.5 Å². The number of likely N-dealkylation sites (tertiary alicyclic amines) is 1. The van der Waals surface area contributed by atoms with Crippen molar-refractivity contribution >= 4 is 22.8 Å². The lowest BCUT2D eigenvalue weighted by Crippen LogP contribution is -2.55. The van der Waals surface area contributed by atoms with Crippen LogP contribution in [0.5, 0.6) is 0 Å². The van der Waals surface area contributed by atoms with Gasteiger partial charge in [0.05, 0.1) is 29.7 Å². The van der Waals surface area contributed by atoms with Gasteiger partial charge in [0.25, 0.3) is 11.5 Å². The number of ether oxygens (including phenoxy) is 1. The number of carbonyl (C=O) groups excluding carboxylic acids is 2. The first-order valence-electron chi connectivity index (χ1n) is 8.92. The summed E-state index contributed by atoms with van der Waals surface area (Å²) in [5, 5.41) is 7.78. The molecular formula is C20H17FN4O4. The molecule has 1 saturated heterocycles. The molecule has 1 aliphatic heterocycles. The van der Waals surface area contributed by atoms with Crippen molar-refractivity contribution in [3.8, 4) is 0 Å². The van der Waals surface area contributed by atoms with Crippen molar-refractivity contribution in [1.29, 1.82) is 0 Å². The van der Waals surface area contributed by atoms with Crippen LogP contribution < -0.4 is 11.3 Å². The lowest BCUT2D eigenvalue weighted by atomic mass is 10.0. The van der Waals surface area contributed by atoms with Crippen LogP contribution in [-0.4, -0.2) is 46.3 Å². The van der Waals surface area contributed by atoms with Gasteiger partial charge in [0.1, 0.15) is 11.9 Å². The Labute approximate surface area is 164 Å². The lowest BCUT2D eigenvalue weighted by molar-refractivity contribution is -0.00379. The van der Waals surface area contributed by atoms with E-state index in [1.165, 1.54) is 17.0 Å². The predicted octanol–water partition coefficient (Wildman–Crippen LogP) is 1.57. The van der Waals surface area contributed by atoms with Gasteiger partial charge in [-0.3, -0.25) is 9.59 Å². The van der Waals surface area contributed by atoms with Crippen molar-refractivity contribution in [1.82, 2.24) is 15.1 Å². The zero-order chi connectivity index (χ0) is 20.5. The minimum Gasteiger partial charge on any atom is -0.443 e. The first kappa shape index (κ1) is 18.6. The second-order valence-corrected chi connectivity index (χ2v) is 6.81. The molecule has 0 saturated carbocycles. The molecule has 4 rings (SSSR count).